The Balaban J connectivity index is 1.80. The number of hydrogen-bond donors (Lipinski definition) is 1. The number of carbonyl (C=O) groups is 1. The number of para-hydroxylation sites is 1. The van der Waals surface area contributed by atoms with Crippen LogP contribution in [-0.2, 0) is 0 Å². The monoisotopic (exact) mass is 352 g/mol. The molecule has 0 fully saturated rings. The van der Waals surface area contributed by atoms with E-state index in [1.165, 1.54) is 5.56 Å². The number of fused-ring (bicyclic) bond motifs is 1. The first kappa shape index (κ1) is 17.0. The Morgan fingerprint density at radius 3 is 2.37 bits per heavy atom. The van der Waals surface area contributed by atoms with Crippen molar-refractivity contribution in [2.24, 2.45) is 0 Å². The zero-order chi connectivity index (χ0) is 18.8. The third-order valence-corrected chi connectivity index (χ3v) is 4.58. The van der Waals surface area contributed by atoms with Gasteiger partial charge in [-0.2, -0.15) is 0 Å². The lowest BCUT2D eigenvalue weighted by molar-refractivity contribution is 0.102. The molecule has 0 atom stereocenters. The lowest BCUT2D eigenvalue weighted by atomic mass is 10.0. The van der Waals surface area contributed by atoms with Gasteiger partial charge in [-0.25, -0.2) is 4.98 Å². The van der Waals surface area contributed by atoms with E-state index in [1.54, 1.807) is 0 Å². The lowest BCUT2D eigenvalue weighted by Gasteiger charge is -2.11. The molecule has 1 aromatic heterocycles. The van der Waals surface area contributed by atoms with E-state index in [1.807, 2.05) is 73.7 Å². The highest BCUT2D eigenvalue weighted by Crippen LogP contribution is 2.26. The van der Waals surface area contributed by atoms with Gasteiger partial charge in [0.2, 0.25) is 0 Å². The van der Waals surface area contributed by atoms with Gasteiger partial charge in [-0.1, -0.05) is 60.2 Å². The summed E-state index contributed by atoms with van der Waals surface area (Å²) in [4.78, 5) is 17.8. The van der Waals surface area contributed by atoms with Gasteiger partial charge < -0.3 is 5.32 Å². The zero-order valence-electron chi connectivity index (χ0n) is 15.4. The minimum atomic E-state index is -0.132. The molecule has 27 heavy (non-hydrogen) atoms. The van der Waals surface area contributed by atoms with E-state index in [-0.39, 0.29) is 5.91 Å². The molecular formula is C24H20N2O. The highest BCUT2D eigenvalue weighted by Gasteiger charge is 2.14. The van der Waals surface area contributed by atoms with Crippen molar-refractivity contribution < 1.29 is 4.79 Å². The summed E-state index contributed by atoms with van der Waals surface area (Å²) in [6.45, 7) is 4.06. The van der Waals surface area contributed by atoms with Crippen molar-refractivity contribution in [1.82, 2.24) is 4.98 Å². The molecule has 3 aromatic carbocycles. The minimum Gasteiger partial charge on any atom is -0.322 e. The number of nitrogens with zero attached hydrogens (tertiary/aromatic N) is 1. The maximum absolute atomic E-state index is 13.0. The number of pyridine rings is 1. The maximum Gasteiger partial charge on any atom is 0.256 e. The fourth-order valence-corrected chi connectivity index (χ4v) is 3.16. The van der Waals surface area contributed by atoms with Crippen molar-refractivity contribution in [3.05, 3.63) is 95.6 Å². The van der Waals surface area contributed by atoms with Gasteiger partial charge in [0, 0.05) is 16.6 Å². The van der Waals surface area contributed by atoms with E-state index in [4.69, 9.17) is 4.98 Å². The highest BCUT2D eigenvalue weighted by molar-refractivity contribution is 6.13. The van der Waals surface area contributed by atoms with E-state index in [0.29, 0.717) is 5.56 Å². The number of anilines is 1. The van der Waals surface area contributed by atoms with Crippen LogP contribution in [0.2, 0.25) is 0 Å². The van der Waals surface area contributed by atoms with Crippen molar-refractivity contribution in [2.75, 3.05) is 5.32 Å². The van der Waals surface area contributed by atoms with Gasteiger partial charge in [-0.05, 0) is 43.7 Å². The van der Waals surface area contributed by atoms with Crippen LogP contribution in [0, 0.1) is 13.8 Å². The molecule has 3 heteroatoms. The van der Waals surface area contributed by atoms with E-state index in [0.717, 1.165) is 33.4 Å². The molecule has 1 heterocycles. The van der Waals surface area contributed by atoms with Crippen molar-refractivity contribution in [2.45, 2.75) is 13.8 Å². The third-order valence-electron chi connectivity index (χ3n) is 4.58. The number of carbonyl (C=O) groups excluding carboxylic acids is 1. The van der Waals surface area contributed by atoms with Gasteiger partial charge in [0.05, 0.1) is 16.8 Å². The topological polar surface area (TPSA) is 42.0 Å². The van der Waals surface area contributed by atoms with Gasteiger partial charge in [-0.15, -0.1) is 0 Å². The van der Waals surface area contributed by atoms with E-state index in [9.17, 15) is 4.79 Å². The summed E-state index contributed by atoms with van der Waals surface area (Å²) in [6.07, 6.45) is 0. The van der Waals surface area contributed by atoms with Crippen LogP contribution < -0.4 is 5.32 Å². The Hall–Kier alpha value is -3.46. The zero-order valence-corrected chi connectivity index (χ0v) is 15.4. The third kappa shape index (κ3) is 3.58. The van der Waals surface area contributed by atoms with E-state index >= 15 is 0 Å². The summed E-state index contributed by atoms with van der Waals surface area (Å²) < 4.78 is 0. The van der Waals surface area contributed by atoms with Crippen LogP contribution in [0.15, 0.2) is 78.9 Å². The fourth-order valence-electron chi connectivity index (χ4n) is 3.16. The van der Waals surface area contributed by atoms with Crippen LogP contribution >= 0.6 is 0 Å². The molecule has 0 saturated carbocycles. The Bertz CT molecular complexity index is 1130. The second kappa shape index (κ2) is 7.04. The summed E-state index contributed by atoms with van der Waals surface area (Å²) >= 11 is 0. The molecule has 0 radical (unpaired) electrons. The fraction of sp³-hybridized carbons (Fsp3) is 0.0833. The van der Waals surface area contributed by atoms with Crippen molar-refractivity contribution >= 4 is 22.5 Å². The van der Waals surface area contributed by atoms with Gasteiger partial charge in [0.1, 0.15) is 0 Å². The van der Waals surface area contributed by atoms with Gasteiger partial charge in [0.25, 0.3) is 5.91 Å². The Morgan fingerprint density at radius 1 is 0.815 bits per heavy atom. The molecule has 0 unspecified atom stereocenters. The minimum absolute atomic E-state index is 0.132. The Morgan fingerprint density at radius 2 is 1.59 bits per heavy atom. The van der Waals surface area contributed by atoms with Crippen LogP contribution in [0.5, 0.6) is 0 Å². The molecule has 3 nitrogen and oxygen atoms in total. The van der Waals surface area contributed by atoms with Crippen molar-refractivity contribution in [1.29, 1.82) is 0 Å². The maximum atomic E-state index is 13.0. The van der Waals surface area contributed by atoms with Crippen molar-refractivity contribution in [3.8, 4) is 11.3 Å². The molecule has 0 aliphatic heterocycles. The molecule has 1 N–H and O–H groups in total. The SMILES string of the molecule is Cc1ccc(-c2cc(C(=O)Nc3cccc(C)c3)c3ccccc3n2)cc1. The number of aromatic nitrogens is 1. The average Bonchev–Trinajstić information content (AvgIpc) is 2.67. The standard InChI is InChI=1S/C24H20N2O/c1-16-10-12-18(13-11-16)23-15-21(20-8-3-4-9-22(20)26-23)24(27)25-19-7-5-6-17(2)14-19/h3-15H,1-2H3,(H,25,27). The Kier molecular flexibility index (Phi) is 4.43. The quantitative estimate of drug-likeness (QED) is 0.508. The predicted octanol–water partition coefficient (Wildman–Crippen LogP) is 5.77. The predicted molar refractivity (Wildman–Crippen MR) is 111 cm³/mol. The smallest absolute Gasteiger partial charge is 0.256 e. The molecule has 132 valence electrons. The number of hydrogen-bond acceptors (Lipinski definition) is 2. The largest absolute Gasteiger partial charge is 0.322 e. The van der Waals surface area contributed by atoms with Crippen molar-refractivity contribution in [3.63, 3.8) is 0 Å². The van der Waals surface area contributed by atoms with Gasteiger partial charge >= 0.3 is 0 Å². The van der Waals surface area contributed by atoms with Crippen LogP contribution in [-0.4, -0.2) is 10.9 Å². The number of aryl methyl sites for hydroxylation is 2. The highest BCUT2D eigenvalue weighted by atomic mass is 16.1. The second-order valence-electron chi connectivity index (χ2n) is 6.76. The van der Waals surface area contributed by atoms with Gasteiger partial charge in [0.15, 0.2) is 0 Å². The van der Waals surface area contributed by atoms with Gasteiger partial charge in [-0.3, -0.25) is 4.79 Å². The summed E-state index contributed by atoms with van der Waals surface area (Å²) in [6, 6.07) is 25.6. The number of benzene rings is 3. The van der Waals surface area contributed by atoms with Crippen LogP contribution in [0.4, 0.5) is 5.69 Å². The number of rotatable bonds is 3. The molecule has 0 bridgehead atoms. The average molecular weight is 352 g/mol. The molecule has 0 spiro atoms. The lowest BCUT2D eigenvalue weighted by Crippen LogP contribution is -2.13. The second-order valence-corrected chi connectivity index (χ2v) is 6.76. The summed E-state index contributed by atoms with van der Waals surface area (Å²) in [5, 5.41) is 3.86. The van der Waals surface area contributed by atoms with Crippen LogP contribution in [0.3, 0.4) is 0 Å². The number of nitrogens with one attached hydrogen (secondary N) is 1. The normalized spacial score (nSPS) is 10.7. The Labute approximate surface area is 158 Å². The molecular weight excluding hydrogens is 332 g/mol. The molecule has 0 aliphatic carbocycles. The van der Waals surface area contributed by atoms with Crippen LogP contribution in [0.1, 0.15) is 21.5 Å². The van der Waals surface area contributed by atoms with Crippen LogP contribution in [0.25, 0.3) is 22.2 Å². The first-order chi connectivity index (χ1) is 13.1. The molecule has 0 aliphatic rings. The molecule has 1 amide bonds. The first-order valence-corrected chi connectivity index (χ1v) is 8.95. The summed E-state index contributed by atoms with van der Waals surface area (Å²) in [5.74, 6) is -0.132. The van der Waals surface area contributed by atoms with E-state index in [2.05, 4.69) is 24.4 Å². The molecule has 4 aromatic rings. The summed E-state index contributed by atoms with van der Waals surface area (Å²) in [5.41, 5.74) is 6.31. The molecule has 0 saturated heterocycles. The molecule has 4 rings (SSSR count). The van der Waals surface area contributed by atoms with E-state index < -0.39 is 0 Å². The first-order valence-electron chi connectivity index (χ1n) is 8.95. The number of amides is 1. The summed E-state index contributed by atoms with van der Waals surface area (Å²) in [7, 11) is 0.